The van der Waals surface area contributed by atoms with E-state index in [2.05, 4.69) is 104 Å². The molecule has 19 heteroatoms. The van der Waals surface area contributed by atoms with Crippen molar-refractivity contribution < 1.29 is 89.4 Å². The number of carbonyl (C=O) groups excluding carboxylic acids is 1. The summed E-state index contributed by atoms with van der Waals surface area (Å²) in [7, 11) is 0. The number of carbonyl (C=O) groups is 1. The molecule has 554 valence electrons. The number of rotatable bonds is 57. The maximum atomic E-state index is 13.4. The molecule has 0 aromatic carbocycles. The van der Waals surface area contributed by atoms with Crippen molar-refractivity contribution in [1.82, 2.24) is 5.32 Å². The van der Waals surface area contributed by atoms with Crippen LogP contribution in [-0.4, -0.2) is 193 Å². The molecular formula is C77H133NO18. The molecule has 1 amide bonds. The van der Waals surface area contributed by atoms with Crippen LogP contribution in [0.5, 0.6) is 0 Å². The van der Waals surface area contributed by atoms with Crippen molar-refractivity contribution in [3.8, 4) is 0 Å². The Morgan fingerprint density at radius 3 is 1.17 bits per heavy atom. The van der Waals surface area contributed by atoms with Crippen LogP contribution in [0.25, 0.3) is 0 Å². The summed E-state index contributed by atoms with van der Waals surface area (Å²) in [5.74, 6) is -0.291. The lowest BCUT2D eigenvalue weighted by Gasteiger charge is -2.48. The summed E-state index contributed by atoms with van der Waals surface area (Å²) >= 11 is 0. The Balaban J connectivity index is 1.38. The first kappa shape index (κ1) is 86.9. The number of unbranched alkanes of at least 4 members (excludes halogenated alkanes) is 27. The molecular weight excluding hydrogens is 1230 g/mol. The number of hydrogen-bond donors (Lipinski definition) is 12. The molecule has 0 aromatic heterocycles. The predicted molar refractivity (Wildman–Crippen MR) is 378 cm³/mol. The lowest BCUT2D eigenvalue weighted by molar-refractivity contribution is -0.379. The highest BCUT2D eigenvalue weighted by atomic mass is 16.8. The van der Waals surface area contributed by atoms with E-state index < -0.39 is 124 Å². The molecule has 3 rings (SSSR count). The van der Waals surface area contributed by atoms with Crippen LogP contribution in [0.3, 0.4) is 0 Å². The van der Waals surface area contributed by atoms with Gasteiger partial charge in [-0.1, -0.05) is 252 Å². The van der Waals surface area contributed by atoms with Gasteiger partial charge < -0.3 is 89.9 Å². The molecule has 17 atom stereocenters. The van der Waals surface area contributed by atoms with E-state index in [9.17, 15) is 61.0 Å². The number of allylic oxidation sites excluding steroid dienone is 15. The van der Waals surface area contributed by atoms with Gasteiger partial charge in [0, 0.05) is 6.42 Å². The lowest BCUT2D eigenvalue weighted by Crippen LogP contribution is -2.66. The first-order valence-electron chi connectivity index (χ1n) is 37.5. The Bertz CT molecular complexity index is 2110. The molecule has 96 heavy (non-hydrogen) atoms. The molecule has 3 fully saturated rings. The average molecular weight is 1360 g/mol. The van der Waals surface area contributed by atoms with Gasteiger partial charge in [-0.15, -0.1) is 0 Å². The van der Waals surface area contributed by atoms with Crippen molar-refractivity contribution in [3.05, 3.63) is 97.2 Å². The maximum Gasteiger partial charge on any atom is 0.220 e. The maximum absolute atomic E-state index is 13.4. The minimum atomic E-state index is -1.99. The second-order valence-corrected chi connectivity index (χ2v) is 26.4. The minimum absolute atomic E-state index is 0.229. The standard InChI is InChI=1S/C77H133NO18/c1-3-5-7-9-11-13-15-17-19-21-23-24-25-26-27-28-29-30-31-32-33-34-35-36-37-39-41-43-45-47-49-51-53-55-65(83)78-60(61(82)54-52-50-48-46-44-42-40-38-22-20-18-16-14-12-10-8-6-4-2)59-91-75-71(89)68(86)73(63(57-80)93-75)96-77-72(90)69(87)74(64(58-81)94-77)95-76-70(88)67(85)66(84)62(56-79)92-76/h5,7,11,13,17,19,22-24,26-27,38,44,46,52,54,60-64,66-77,79-82,84-90H,3-4,6,8-10,12,14-16,18,20-21,25,28-37,39-43,45,47-51,53,55-59H2,1-2H3,(H,78,83)/b7-5-,13-11-,19-17-,24-23-,27-26-,38-22+,46-44+,54-52+. The zero-order valence-corrected chi connectivity index (χ0v) is 58.8. The number of aliphatic hydroxyl groups excluding tert-OH is 11. The van der Waals surface area contributed by atoms with Gasteiger partial charge in [0.1, 0.15) is 73.2 Å². The number of amides is 1. The number of hydrogen-bond acceptors (Lipinski definition) is 18. The van der Waals surface area contributed by atoms with Crippen molar-refractivity contribution in [2.75, 3.05) is 26.4 Å². The van der Waals surface area contributed by atoms with Crippen LogP contribution in [0.1, 0.15) is 251 Å². The van der Waals surface area contributed by atoms with Crippen LogP contribution in [-0.2, 0) is 33.2 Å². The largest absolute Gasteiger partial charge is 0.394 e. The molecule has 3 aliphatic rings. The summed E-state index contributed by atoms with van der Waals surface area (Å²) in [6, 6.07) is -1.00. The number of ether oxygens (including phenoxy) is 6. The third-order valence-electron chi connectivity index (χ3n) is 18.1. The van der Waals surface area contributed by atoms with E-state index in [1.54, 1.807) is 6.08 Å². The second-order valence-electron chi connectivity index (χ2n) is 26.4. The van der Waals surface area contributed by atoms with E-state index in [0.717, 1.165) is 77.0 Å². The molecule has 0 aromatic rings. The highest BCUT2D eigenvalue weighted by Gasteiger charge is 2.53. The van der Waals surface area contributed by atoms with E-state index in [1.807, 2.05) is 6.08 Å². The van der Waals surface area contributed by atoms with Crippen molar-refractivity contribution in [2.45, 2.75) is 356 Å². The van der Waals surface area contributed by atoms with E-state index in [-0.39, 0.29) is 18.9 Å². The normalized spacial score (nSPS) is 27.6. The van der Waals surface area contributed by atoms with Gasteiger partial charge in [0.15, 0.2) is 18.9 Å². The highest BCUT2D eigenvalue weighted by molar-refractivity contribution is 5.76. The molecule has 19 nitrogen and oxygen atoms in total. The fraction of sp³-hybridized carbons (Fsp3) is 0.779. The molecule has 0 spiro atoms. The quantitative estimate of drug-likeness (QED) is 0.0199. The summed E-state index contributed by atoms with van der Waals surface area (Å²) in [6.45, 7) is 1.59. The van der Waals surface area contributed by atoms with Crippen LogP contribution < -0.4 is 5.32 Å². The first-order chi connectivity index (χ1) is 46.8. The topological polar surface area (TPSA) is 307 Å². The van der Waals surface area contributed by atoms with Crippen molar-refractivity contribution in [2.24, 2.45) is 0 Å². The summed E-state index contributed by atoms with van der Waals surface area (Å²) in [6.07, 6.45) is 49.6. The van der Waals surface area contributed by atoms with Gasteiger partial charge in [0.2, 0.25) is 5.91 Å². The van der Waals surface area contributed by atoms with Crippen LogP contribution >= 0.6 is 0 Å². The van der Waals surface area contributed by atoms with Gasteiger partial charge in [0.05, 0.1) is 38.6 Å². The smallest absolute Gasteiger partial charge is 0.220 e. The average Bonchev–Trinajstić information content (AvgIpc) is 0.787. The minimum Gasteiger partial charge on any atom is -0.394 e. The third-order valence-corrected chi connectivity index (χ3v) is 18.1. The van der Waals surface area contributed by atoms with E-state index >= 15 is 0 Å². The molecule has 0 aliphatic carbocycles. The zero-order valence-electron chi connectivity index (χ0n) is 58.8. The molecule has 3 aliphatic heterocycles. The first-order valence-corrected chi connectivity index (χ1v) is 37.5. The summed E-state index contributed by atoms with van der Waals surface area (Å²) in [5.41, 5.74) is 0. The Morgan fingerprint density at radius 2 is 0.729 bits per heavy atom. The number of nitrogens with one attached hydrogen (secondary N) is 1. The van der Waals surface area contributed by atoms with Crippen molar-refractivity contribution >= 4 is 5.91 Å². The molecule has 12 N–H and O–H groups in total. The van der Waals surface area contributed by atoms with E-state index in [1.165, 1.54) is 141 Å². The summed E-state index contributed by atoms with van der Waals surface area (Å²) in [5, 5.41) is 121. The van der Waals surface area contributed by atoms with Crippen LogP contribution in [0.2, 0.25) is 0 Å². The Morgan fingerprint density at radius 1 is 0.385 bits per heavy atom. The van der Waals surface area contributed by atoms with Gasteiger partial charge >= 0.3 is 0 Å². The van der Waals surface area contributed by atoms with E-state index in [0.29, 0.717) is 12.8 Å². The molecule has 0 radical (unpaired) electrons. The van der Waals surface area contributed by atoms with Gasteiger partial charge in [0.25, 0.3) is 0 Å². The van der Waals surface area contributed by atoms with Crippen molar-refractivity contribution in [3.63, 3.8) is 0 Å². The molecule has 0 bridgehead atoms. The lowest BCUT2D eigenvalue weighted by atomic mass is 9.96. The second kappa shape index (κ2) is 57.3. The van der Waals surface area contributed by atoms with Crippen LogP contribution in [0, 0.1) is 0 Å². The van der Waals surface area contributed by atoms with Gasteiger partial charge in [-0.2, -0.15) is 0 Å². The SMILES string of the molecule is CC/C=C\C/C=C\C/C=C\C/C=C\C/C=C\CCCCCCCCCCCCCCCCCCCC(=O)NC(COC1OC(CO)C(OC2OC(CO)C(OC3OC(CO)C(O)C(O)C3O)C(O)C2O)C(O)C1O)C(O)/C=C/CC/C=C/CC/C=C/CCCCCCCCCC. The summed E-state index contributed by atoms with van der Waals surface area (Å²) < 4.78 is 34.4. The molecule has 3 saturated heterocycles. The van der Waals surface area contributed by atoms with Crippen LogP contribution in [0.4, 0.5) is 0 Å². The Kier molecular flexibility index (Phi) is 51.9. The van der Waals surface area contributed by atoms with Gasteiger partial charge in [-0.05, 0) is 89.9 Å². The third kappa shape index (κ3) is 37.9. The fourth-order valence-corrected chi connectivity index (χ4v) is 12.1. The molecule has 3 heterocycles. The predicted octanol–water partition coefficient (Wildman–Crippen LogP) is 11.2. The Labute approximate surface area is 577 Å². The van der Waals surface area contributed by atoms with E-state index in [4.69, 9.17) is 28.4 Å². The van der Waals surface area contributed by atoms with Gasteiger partial charge in [-0.25, -0.2) is 0 Å². The Hall–Kier alpha value is -3.29. The highest BCUT2D eigenvalue weighted by Crippen LogP contribution is 2.33. The molecule has 17 unspecified atom stereocenters. The number of aliphatic hydroxyl groups is 11. The summed E-state index contributed by atoms with van der Waals surface area (Å²) in [4.78, 5) is 13.4. The van der Waals surface area contributed by atoms with Crippen LogP contribution in [0.15, 0.2) is 97.2 Å². The van der Waals surface area contributed by atoms with Crippen molar-refractivity contribution in [1.29, 1.82) is 0 Å². The monoisotopic (exact) mass is 1360 g/mol. The zero-order chi connectivity index (χ0) is 69.6. The fourth-order valence-electron chi connectivity index (χ4n) is 12.1. The van der Waals surface area contributed by atoms with Gasteiger partial charge in [-0.3, -0.25) is 4.79 Å². The molecule has 0 saturated carbocycles.